The van der Waals surface area contributed by atoms with Gasteiger partial charge >= 0.3 is 0 Å². The minimum Gasteiger partial charge on any atom is -0.341 e. The second-order valence-corrected chi connectivity index (χ2v) is 9.91. The zero-order valence-electron chi connectivity index (χ0n) is 17.0. The molecule has 0 atom stereocenters. The van der Waals surface area contributed by atoms with Crippen molar-refractivity contribution >= 4 is 15.9 Å². The van der Waals surface area contributed by atoms with Gasteiger partial charge in [-0.2, -0.15) is 0 Å². The van der Waals surface area contributed by atoms with Crippen molar-refractivity contribution in [3.63, 3.8) is 0 Å². The number of hydrogen-bond acceptors (Lipinski definition) is 4. The second-order valence-electron chi connectivity index (χ2n) is 8.14. The Bertz CT molecular complexity index is 764. The summed E-state index contributed by atoms with van der Waals surface area (Å²) >= 11 is 0. The van der Waals surface area contributed by atoms with Crippen LogP contribution in [0.4, 0.5) is 4.39 Å². The first-order chi connectivity index (χ1) is 13.9. The Morgan fingerprint density at radius 3 is 2.45 bits per heavy atom. The summed E-state index contributed by atoms with van der Waals surface area (Å²) in [6.45, 7) is 4.53. The molecule has 1 amide bonds. The number of carbonyl (C=O) groups excluding carboxylic acids is 1. The lowest BCUT2D eigenvalue weighted by atomic mass is 9.89. The average Bonchev–Trinajstić information content (AvgIpc) is 2.94. The predicted octanol–water partition coefficient (Wildman–Crippen LogP) is 2.61. The summed E-state index contributed by atoms with van der Waals surface area (Å²) in [5.74, 6) is 0.288. The van der Waals surface area contributed by atoms with E-state index in [4.69, 9.17) is 0 Å². The van der Waals surface area contributed by atoms with E-state index in [1.807, 2.05) is 4.90 Å². The summed E-state index contributed by atoms with van der Waals surface area (Å²) in [6, 6.07) is 4.65. The van der Waals surface area contributed by atoms with E-state index in [0.29, 0.717) is 6.54 Å². The van der Waals surface area contributed by atoms with Crippen molar-refractivity contribution in [2.24, 2.45) is 5.92 Å². The highest BCUT2D eigenvalue weighted by atomic mass is 32.2. The van der Waals surface area contributed by atoms with Crippen LogP contribution in [0.15, 0.2) is 29.2 Å². The minimum absolute atomic E-state index is 0.000485. The molecular formula is C21H32FN3O3S. The molecule has 1 N–H and O–H groups in total. The zero-order valence-corrected chi connectivity index (χ0v) is 17.8. The van der Waals surface area contributed by atoms with Gasteiger partial charge in [-0.3, -0.25) is 4.79 Å². The maximum atomic E-state index is 13.0. The average molecular weight is 426 g/mol. The van der Waals surface area contributed by atoms with E-state index < -0.39 is 15.8 Å². The fraction of sp³-hybridized carbons (Fsp3) is 0.667. The van der Waals surface area contributed by atoms with Gasteiger partial charge in [-0.1, -0.05) is 19.3 Å². The lowest BCUT2D eigenvalue weighted by Crippen LogP contribution is -2.38. The molecule has 29 heavy (non-hydrogen) atoms. The second kappa shape index (κ2) is 10.5. The summed E-state index contributed by atoms with van der Waals surface area (Å²) < 4.78 is 39.8. The molecule has 8 heteroatoms. The lowest BCUT2D eigenvalue weighted by molar-refractivity contribution is -0.130. The molecule has 0 bridgehead atoms. The first kappa shape index (κ1) is 22.2. The van der Waals surface area contributed by atoms with Gasteiger partial charge in [-0.05, 0) is 56.0 Å². The minimum atomic E-state index is -3.73. The van der Waals surface area contributed by atoms with Crippen molar-refractivity contribution in [2.45, 2.75) is 49.8 Å². The molecule has 2 fully saturated rings. The van der Waals surface area contributed by atoms with Crippen LogP contribution in [0.2, 0.25) is 0 Å². The first-order valence-corrected chi connectivity index (χ1v) is 12.2. The number of nitrogens with one attached hydrogen (secondary N) is 1. The molecular weight excluding hydrogens is 393 g/mol. The van der Waals surface area contributed by atoms with Crippen LogP contribution in [-0.4, -0.2) is 63.4 Å². The van der Waals surface area contributed by atoms with Crippen LogP contribution in [0.5, 0.6) is 0 Å². The van der Waals surface area contributed by atoms with Crippen LogP contribution >= 0.6 is 0 Å². The maximum Gasteiger partial charge on any atom is 0.240 e. The van der Waals surface area contributed by atoms with Crippen molar-refractivity contribution in [1.29, 1.82) is 0 Å². The van der Waals surface area contributed by atoms with Gasteiger partial charge in [-0.15, -0.1) is 0 Å². The van der Waals surface area contributed by atoms with Crippen molar-refractivity contribution in [3.05, 3.63) is 30.1 Å². The van der Waals surface area contributed by atoms with E-state index in [-0.39, 0.29) is 23.8 Å². The van der Waals surface area contributed by atoms with Gasteiger partial charge in [0.25, 0.3) is 0 Å². The van der Waals surface area contributed by atoms with Crippen molar-refractivity contribution in [2.75, 3.05) is 39.3 Å². The molecule has 1 aliphatic heterocycles. The van der Waals surface area contributed by atoms with Crippen LogP contribution in [0.1, 0.15) is 44.9 Å². The maximum absolute atomic E-state index is 13.0. The summed E-state index contributed by atoms with van der Waals surface area (Å²) in [6.07, 6.45) is 7.79. The Hall–Kier alpha value is -1.51. The van der Waals surface area contributed by atoms with Gasteiger partial charge in [0.05, 0.1) is 4.90 Å². The molecule has 1 aromatic rings. The number of sulfonamides is 1. The van der Waals surface area contributed by atoms with Crippen molar-refractivity contribution < 1.29 is 17.6 Å². The molecule has 0 radical (unpaired) electrons. The Labute approximate surface area is 173 Å². The normalized spacial score (nSPS) is 19.8. The Kier molecular flexibility index (Phi) is 8.03. The van der Waals surface area contributed by atoms with Gasteiger partial charge in [-0.25, -0.2) is 17.5 Å². The Balaban J connectivity index is 1.41. The number of hydrogen-bond donors (Lipinski definition) is 1. The van der Waals surface area contributed by atoms with Gasteiger partial charge in [0.2, 0.25) is 15.9 Å². The predicted molar refractivity (Wildman–Crippen MR) is 110 cm³/mol. The number of benzene rings is 1. The van der Waals surface area contributed by atoms with Crippen LogP contribution < -0.4 is 4.72 Å². The van der Waals surface area contributed by atoms with E-state index in [0.717, 1.165) is 50.7 Å². The van der Waals surface area contributed by atoms with Crippen LogP contribution in [-0.2, 0) is 14.8 Å². The van der Waals surface area contributed by atoms with Crippen molar-refractivity contribution in [3.8, 4) is 0 Å². The molecule has 0 spiro atoms. The van der Waals surface area contributed by atoms with E-state index >= 15 is 0 Å². The third-order valence-electron chi connectivity index (χ3n) is 5.94. The molecule has 1 heterocycles. The molecule has 0 aromatic heterocycles. The third-order valence-corrected chi connectivity index (χ3v) is 7.41. The van der Waals surface area contributed by atoms with E-state index in [1.165, 1.54) is 44.2 Å². The zero-order chi connectivity index (χ0) is 20.7. The van der Waals surface area contributed by atoms with Gasteiger partial charge in [0.1, 0.15) is 5.82 Å². The molecule has 162 valence electrons. The van der Waals surface area contributed by atoms with Crippen LogP contribution in [0.3, 0.4) is 0 Å². The molecule has 1 aromatic carbocycles. The third kappa shape index (κ3) is 6.76. The van der Waals surface area contributed by atoms with E-state index in [1.54, 1.807) is 0 Å². The quantitative estimate of drug-likeness (QED) is 0.729. The monoisotopic (exact) mass is 425 g/mol. The summed E-state index contributed by atoms with van der Waals surface area (Å²) in [7, 11) is -3.73. The topological polar surface area (TPSA) is 69.7 Å². The molecule has 1 saturated heterocycles. The number of amides is 1. The largest absolute Gasteiger partial charge is 0.341 e. The SMILES string of the molecule is O=C(CCNS(=O)(=O)c1ccc(F)cc1)N1CCCN(CC2CCCCC2)CC1. The number of carbonyl (C=O) groups is 1. The molecule has 6 nitrogen and oxygen atoms in total. The summed E-state index contributed by atoms with van der Waals surface area (Å²) in [4.78, 5) is 16.9. The van der Waals surface area contributed by atoms with Gasteiger partial charge < -0.3 is 9.80 Å². The summed E-state index contributed by atoms with van der Waals surface area (Å²) in [5.41, 5.74) is 0. The van der Waals surface area contributed by atoms with Gasteiger partial charge in [0.15, 0.2) is 0 Å². The highest BCUT2D eigenvalue weighted by Gasteiger charge is 2.22. The molecule has 1 aliphatic carbocycles. The molecule has 0 unspecified atom stereocenters. The van der Waals surface area contributed by atoms with Crippen LogP contribution in [0.25, 0.3) is 0 Å². The fourth-order valence-corrected chi connectivity index (χ4v) is 5.32. The number of rotatable bonds is 7. The lowest BCUT2D eigenvalue weighted by Gasteiger charge is -2.28. The smallest absolute Gasteiger partial charge is 0.240 e. The van der Waals surface area contributed by atoms with Crippen LogP contribution in [0, 0.1) is 11.7 Å². The molecule has 1 saturated carbocycles. The Morgan fingerprint density at radius 2 is 1.72 bits per heavy atom. The molecule has 3 rings (SSSR count). The van der Waals surface area contributed by atoms with Gasteiger partial charge in [0, 0.05) is 39.1 Å². The van der Waals surface area contributed by atoms with E-state index in [9.17, 15) is 17.6 Å². The standard InChI is InChI=1S/C21H32FN3O3S/c22-19-7-9-20(10-8-19)29(27,28)23-12-11-21(26)25-14-4-13-24(15-16-25)17-18-5-2-1-3-6-18/h7-10,18,23H,1-6,11-17H2. The fourth-order valence-electron chi connectivity index (χ4n) is 4.29. The number of nitrogens with zero attached hydrogens (tertiary/aromatic N) is 2. The first-order valence-electron chi connectivity index (χ1n) is 10.7. The van der Waals surface area contributed by atoms with E-state index in [2.05, 4.69) is 9.62 Å². The Morgan fingerprint density at radius 1 is 1.00 bits per heavy atom. The summed E-state index contributed by atoms with van der Waals surface area (Å²) in [5, 5.41) is 0. The highest BCUT2D eigenvalue weighted by Crippen LogP contribution is 2.24. The molecule has 2 aliphatic rings. The van der Waals surface area contributed by atoms with Crippen molar-refractivity contribution in [1.82, 2.24) is 14.5 Å². The number of halogens is 1. The highest BCUT2D eigenvalue weighted by molar-refractivity contribution is 7.89.